The maximum absolute atomic E-state index is 14.3. The number of ether oxygens (including phenoxy) is 2. The SMILES string of the molecule is Fc1c(Br)c(I)cc2c(Cl)cc(OC3CCOCC3)nc12. The largest absolute Gasteiger partial charge is 0.474 e. The van der Waals surface area contributed by atoms with E-state index in [2.05, 4.69) is 20.9 Å². The number of nitrogens with zero attached hydrogens (tertiary/aromatic N) is 1. The summed E-state index contributed by atoms with van der Waals surface area (Å²) in [5.74, 6) is -0.0670. The van der Waals surface area contributed by atoms with Crippen LogP contribution in [0.15, 0.2) is 16.6 Å². The van der Waals surface area contributed by atoms with Crippen LogP contribution in [-0.4, -0.2) is 24.3 Å². The van der Waals surface area contributed by atoms with Crippen molar-refractivity contribution in [3.8, 4) is 5.88 Å². The summed E-state index contributed by atoms with van der Waals surface area (Å²) in [7, 11) is 0. The average molecular weight is 487 g/mol. The van der Waals surface area contributed by atoms with Crippen LogP contribution in [0.1, 0.15) is 12.8 Å². The Morgan fingerprint density at radius 3 is 2.81 bits per heavy atom. The molecule has 1 aliphatic rings. The van der Waals surface area contributed by atoms with E-state index in [0.717, 1.165) is 16.4 Å². The fourth-order valence-corrected chi connectivity index (χ4v) is 3.32. The van der Waals surface area contributed by atoms with Crippen LogP contribution in [0.3, 0.4) is 0 Å². The second kappa shape index (κ2) is 6.52. The van der Waals surface area contributed by atoms with E-state index in [-0.39, 0.29) is 11.6 Å². The van der Waals surface area contributed by atoms with Gasteiger partial charge in [0.05, 0.1) is 22.7 Å². The van der Waals surface area contributed by atoms with E-state index in [1.54, 1.807) is 12.1 Å². The fourth-order valence-electron chi connectivity index (χ4n) is 2.23. The van der Waals surface area contributed by atoms with Crippen molar-refractivity contribution in [3.05, 3.63) is 31.0 Å². The molecule has 1 fully saturated rings. The molecule has 0 radical (unpaired) electrons. The van der Waals surface area contributed by atoms with E-state index in [1.807, 2.05) is 22.6 Å². The number of fused-ring (bicyclic) bond motifs is 1. The van der Waals surface area contributed by atoms with Crippen molar-refractivity contribution in [3.63, 3.8) is 0 Å². The van der Waals surface area contributed by atoms with Gasteiger partial charge in [0.2, 0.25) is 5.88 Å². The summed E-state index contributed by atoms with van der Waals surface area (Å²) < 4.78 is 26.6. The topological polar surface area (TPSA) is 31.4 Å². The third kappa shape index (κ3) is 3.28. The molecule has 0 aliphatic carbocycles. The van der Waals surface area contributed by atoms with Crippen LogP contribution in [0.4, 0.5) is 4.39 Å². The van der Waals surface area contributed by atoms with Crippen LogP contribution in [0, 0.1) is 9.39 Å². The first-order valence-corrected chi connectivity index (χ1v) is 8.69. The third-order valence-electron chi connectivity index (χ3n) is 3.32. The second-order valence-electron chi connectivity index (χ2n) is 4.75. The van der Waals surface area contributed by atoms with Gasteiger partial charge in [-0.2, -0.15) is 0 Å². The molecular formula is C14H11BrClFINO2. The number of halogens is 4. The minimum Gasteiger partial charge on any atom is -0.474 e. The third-order valence-corrected chi connectivity index (χ3v) is 6.00. The molecule has 0 saturated carbocycles. The van der Waals surface area contributed by atoms with Crippen LogP contribution in [0.2, 0.25) is 5.02 Å². The van der Waals surface area contributed by atoms with Gasteiger partial charge in [-0.05, 0) is 44.6 Å². The van der Waals surface area contributed by atoms with Crippen LogP contribution >= 0.6 is 50.1 Å². The van der Waals surface area contributed by atoms with Gasteiger partial charge in [-0.1, -0.05) is 11.6 Å². The van der Waals surface area contributed by atoms with E-state index in [0.29, 0.717) is 34.0 Å². The monoisotopic (exact) mass is 485 g/mol. The predicted molar refractivity (Wildman–Crippen MR) is 91.6 cm³/mol. The second-order valence-corrected chi connectivity index (χ2v) is 7.12. The molecule has 1 saturated heterocycles. The Morgan fingerprint density at radius 2 is 2.10 bits per heavy atom. The summed E-state index contributed by atoms with van der Waals surface area (Å²) in [4.78, 5) is 4.28. The molecule has 0 unspecified atom stereocenters. The number of hydrogen-bond acceptors (Lipinski definition) is 3. The molecule has 7 heteroatoms. The van der Waals surface area contributed by atoms with Crippen molar-refractivity contribution in [2.75, 3.05) is 13.2 Å². The van der Waals surface area contributed by atoms with E-state index in [9.17, 15) is 4.39 Å². The number of benzene rings is 1. The lowest BCUT2D eigenvalue weighted by Gasteiger charge is -2.23. The maximum Gasteiger partial charge on any atom is 0.215 e. The Morgan fingerprint density at radius 1 is 1.38 bits per heavy atom. The van der Waals surface area contributed by atoms with Crippen LogP contribution in [0.5, 0.6) is 5.88 Å². The van der Waals surface area contributed by atoms with E-state index in [4.69, 9.17) is 21.1 Å². The lowest BCUT2D eigenvalue weighted by atomic mass is 10.1. The molecule has 1 aliphatic heterocycles. The Labute approximate surface area is 148 Å². The van der Waals surface area contributed by atoms with Gasteiger partial charge < -0.3 is 9.47 Å². The number of pyridine rings is 1. The van der Waals surface area contributed by atoms with Crippen molar-refractivity contribution < 1.29 is 13.9 Å². The lowest BCUT2D eigenvalue weighted by Crippen LogP contribution is -2.26. The first-order chi connectivity index (χ1) is 10.1. The van der Waals surface area contributed by atoms with Gasteiger partial charge in [0.1, 0.15) is 11.6 Å². The molecule has 2 heterocycles. The Hall–Kier alpha value is -0.180. The molecule has 0 atom stereocenters. The molecule has 0 amide bonds. The quantitative estimate of drug-likeness (QED) is 0.445. The highest BCUT2D eigenvalue weighted by molar-refractivity contribution is 14.1. The highest BCUT2D eigenvalue weighted by Gasteiger charge is 2.19. The summed E-state index contributed by atoms with van der Waals surface area (Å²) in [6, 6.07) is 3.44. The normalized spacial score (nSPS) is 16.4. The summed E-state index contributed by atoms with van der Waals surface area (Å²) in [5, 5.41) is 1.02. The Kier molecular flexibility index (Phi) is 4.87. The molecule has 21 heavy (non-hydrogen) atoms. The smallest absolute Gasteiger partial charge is 0.215 e. The molecule has 3 rings (SSSR count). The van der Waals surface area contributed by atoms with Crippen molar-refractivity contribution in [2.45, 2.75) is 18.9 Å². The van der Waals surface area contributed by atoms with E-state index < -0.39 is 5.82 Å². The highest BCUT2D eigenvalue weighted by Crippen LogP contribution is 2.34. The predicted octanol–water partition coefficient (Wildman–Crippen LogP) is 4.95. The summed E-state index contributed by atoms with van der Waals surface area (Å²) in [5.41, 5.74) is 0.219. The summed E-state index contributed by atoms with van der Waals surface area (Å²) in [6.45, 7) is 1.34. The summed E-state index contributed by atoms with van der Waals surface area (Å²) >= 11 is 11.5. The number of hydrogen-bond donors (Lipinski definition) is 0. The van der Waals surface area contributed by atoms with Crippen molar-refractivity contribution in [2.24, 2.45) is 0 Å². The van der Waals surface area contributed by atoms with Crippen molar-refractivity contribution >= 4 is 61.0 Å². The molecule has 1 aromatic carbocycles. The van der Waals surface area contributed by atoms with Gasteiger partial charge in [-0.3, -0.25) is 0 Å². The number of rotatable bonds is 2. The summed E-state index contributed by atoms with van der Waals surface area (Å²) in [6.07, 6.45) is 1.64. The molecule has 0 N–H and O–H groups in total. The van der Waals surface area contributed by atoms with E-state index >= 15 is 0 Å². The van der Waals surface area contributed by atoms with Crippen LogP contribution in [-0.2, 0) is 4.74 Å². The van der Waals surface area contributed by atoms with Crippen molar-refractivity contribution in [1.29, 1.82) is 0 Å². The van der Waals surface area contributed by atoms with Gasteiger partial charge in [0, 0.05) is 27.9 Å². The fraction of sp³-hybridized carbons (Fsp3) is 0.357. The van der Waals surface area contributed by atoms with Gasteiger partial charge in [0.15, 0.2) is 5.82 Å². The Bertz CT molecular complexity index is 694. The minimum atomic E-state index is -0.420. The Balaban J connectivity index is 2.01. The van der Waals surface area contributed by atoms with Gasteiger partial charge in [-0.25, -0.2) is 9.37 Å². The average Bonchev–Trinajstić information content (AvgIpc) is 2.47. The first kappa shape index (κ1) is 15.7. The van der Waals surface area contributed by atoms with Gasteiger partial charge >= 0.3 is 0 Å². The highest BCUT2D eigenvalue weighted by atomic mass is 127. The van der Waals surface area contributed by atoms with Gasteiger partial charge in [-0.15, -0.1) is 0 Å². The molecule has 0 bridgehead atoms. The van der Waals surface area contributed by atoms with Gasteiger partial charge in [0.25, 0.3) is 0 Å². The zero-order chi connectivity index (χ0) is 15.0. The first-order valence-electron chi connectivity index (χ1n) is 6.44. The molecule has 3 nitrogen and oxygen atoms in total. The molecule has 0 spiro atoms. The standard InChI is InChI=1S/C14H11BrClFINO2/c15-12-10(18)5-8-9(16)6-11(19-14(8)13(12)17)21-7-1-3-20-4-2-7/h5-7H,1-4H2. The number of aromatic nitrogens is 1. The lowest BCUT2D eigenvalue weighted by molar-refractivity contribution is 0.0239. The molecule has 112 valence electrons. The minimum absolute atomic E-state index is 0.0371. The van der Waals surface area contributed by atoms with Crippen molar-refractivity contribution in [1.82, 2.24) is 4.98 Å². The van der Waals surface area contributed by atoms with Crippen LogP contribution in [0.25, 0.3) is 10.9 Å². The van der Waals surface area contributed by atoms with Crippen LogP contribution < -0.4 is 4.74 Å². The molecule has 1 aromatic heterocycles. The molecular weight excluding hydrogens is 475 g/mol. The zero-order valence-electron chi connectivity index (χ0n) is 10.8. The van der Waals surface area contributed by atoms with E-state index in [1.165, 1.54) is 0 Å². The zero-order valence-corrected chi connectivity index (χ0v) is 15.3. The molecule has 2 aromatic rings. The maximum atomic E-state index is 14.3.